The van der Waals surface area contributed by atoms with Crippen LogP contribution >= 0.6 is 0 Å². The van der Waals surface area contributed by atoms with Crippen LogP contribution in [0.15, 0.2) is 30.3 Å². The Morgan fingerprint density at radius 3 is 2.00 bits per heavy atom. The molecule has 2 saturated heterocycles. The molecule has 0 aromatic heterocycles. The Bertz CT molecular complexity index is 1060. The van der Waals surface area contributed by atoms with E-state index >= 15 is 0 Å². The van der Waals surface area contributed by atoms with Crippen LogP contribution in [-0.4, -0.2) is 83.4 Å². The highest BCUT2D eigenvalue weighted by Crippen LogP contribution is 2.21. The first-order valence-corrected chi connectivity index (χ1v) is 14.6. The summed E-state index contributed by atoms with van der Waals surface area (Å²) >= 11 is 0. The van der Waals surface area contributed by atoms with E-state index in [1.165, 1.54) is 0 Å². The van der Waals surface area contributed by atoms with Crippen molar-refractivity contribution >= 4 is 29.8 Å². The van der Waals surface area contributed by atoms with E-state index in [0.717, 1.165) is 18.4 Å². The molecule has 3 rings (SSSR count). The molecule has 2 atom stereocenters. The number of nitrogens with zero attached hydrogens (tertiary/aromatic N) is 2. The van der Waals surface area contributed by atoms with Gasteiger partial charge in [0.25, 0.3) is 0 Å². The Morgan fingerprint density at radius 1 is 0.829 bits per heavy atom. The monoisotopic (exact) mass is 572 g/mol. The van der Waals surface area contributed by atoms with E-state index in [1.807, 2.05) is 30.3 Å². The Kier molecular flexibility index (Phi) is 12.0. The molecular formula is C30H44N4O7. The maximum atomic E-state index is 12.8. The summed E-state index contributed by atoms with van der Waals surface area (Å²) in [4.78, 5) is 65.9. The Hall–Kier alpha value is -3.63. The van der Waals surface area contributed by atoms with Crippen molar-refractivity contribution in [2.45, 2.75) is 96.4 Å². The van der Waals surface area contributed by atoms with Crippen LogP contribution in [0.3, 0.4) is 0 Å². The number of ether oxygens (including phenoxy) is 2. The van der Waals surface area contributed by atoms with E-state index < -0.39 is 23.8 Å². The first kappa shape index (κ1) is 31.9. The molecule has 2 aliphatic heterocycles. The highest BCUT2D eigenvalue weighted by atomic mass is 16.6. The summed E-state index contributed by atoms with van der Waals surface area (Å²) in [7, 11) is 0. The summed E-state index contributed by atoms with van der Waals surface area (Å²) in [5, 5.41) is 5.50. The lowest BCUT2D eigenvalue weighted by atomic mass is 10.1. The maximum absolute atomic E-state index is 12.8. The SMILES string of the molecule is CC(C)(C)OC(=O)NCCCC(=O)N1CCC[C@H]1C(=O)NCCCC(=O)N1CCC[C@H]1C(=O)OCc1ccccc1. The van der Waals surface area contributed by atoms with Crippen molar-refractivity contribution < 1.29 is 33.4 Å². The van der Waals surface area contributed by atoms with E-state index in [2.05, 4.69) is 10.6 Å². The number of rotatable bonds is 12. The summed E-state index contributed by atoms with van der Waals surface area (Å²) in [6, 6.07) is 8.32. The molecule has 41 heavy (non-hydrogen) atoms. The van der Waals surface area contributed by atoms with Gasteiger partial charge in [-0.3, -0.25) is 14.4 Å². The molecule has 2 fully saturated rings. The van der Waals surface area contributed by atoms with Gasteiger partial charge in [0.05, 0.1) is 0 Å². The first-order chi connectivity index (χ1) is 19.5. The molecule has 0 radical (unpaired) electrons. The van der Waals surface area contributed by atoms with Crippen LogP contribution in [0.25, 0.3) is 0 Å². The summed E-state index contributed by atoms with van der Waals surface area (Å²) in [6.45, 7) is 7.16. The van der Waals surface area contributed by atoms with Gasteiger partial charge >= 0.3 is 12.1 Å². The first-order valence-electron chi connectivity index (χ1n) is 14.6. The maximum Gasteiger partial charge on any atom is 0.407 e. The fraction of sp³-hybridized carbons (Fsp3) is 0.633. The molecule has 2 aliphatic rings. The summed E-state index contributed by atoms with van der Waals surface area (Å²) in [6.07, 6.45) is 3.45. The molecule has 0 unspecified atom stereocenters. The minimum atomic E-state index is -0.587. The number of carbonyl (C=O) groups excluding carboxylic acids is 5. The predicted molar refractivity (Wildman–Crippen MR) is 151 cm³/mol. The standard InChI is InChI=1S/C30H44N4O7/c1-30(2,3)41-29(39)32-18-8-16-25(35)33-19-9-13-23(33)27(37)31-17-7-15-26(36)34-20-10-14-24(34)28(38)40-21-22-11-5-4-6-12-22/h4-6,11-12,23-24H,7-10,13-21H2,1-3H3,(H,31,37)(H,32,39)/t23-,24-/m0/s1. The molecule has 0 spiro atoms. The van der Waals surface area contributed by atoms with Gasteiger partial charge in [-0.1, -0.05) is 30.3 Å². The lowest BCUT2D eigenvalue weighted by Crippen LogP contribution is -2.46. The summed E-state index contributed by atoms with van der Waals surface area (Å²) in [5.74, 6) is -0.863. The minimum absolute atomic E-state index is 0.122. The molecule has 11 nitrogen and oxygen atoms in total. The van der Waals surface area contributed by atoms with Crippen LogP contribution in [-0.2, 0) is 35.3 Å². The summed E-state index contributed by atoms with van der Waals surface area (Å²) < 4.78 is 10.6. The lowest BCUT2D eigenvalue weighted by molar-refractivity contribution is -0.154. The molecule has 1 aromatic carbocycles. The van der Waals surface area contributed by atoms with Crippen molar-refractivity contribution in [2.75, 3.05) is 26.2 Å². The molecular weight excluding hydrogens is 528 g/mol. The predicted octanol–water partition coefficient (Wildman–Crippen LogP) is 2.91. The molecule has 4 amide bonds. The van der Waals surface area contributed by atoms with Crippen LogP contribution < -0.4 is 10.6 Å². The van der Waals surface area contributed by atoms with Crippen molar-refractivity contribution in [2.24, 2.45) is 0 Å². The van der Waals surface area contributed by atoms with Crippen molar-refractivity contribution in [3.63, 3.8) is 0 Å². The number of alkyl carbamates (subject to hydrolysis) is 1. The summed E-state index contributed by atoms with van der Waals surface area (Å²) in [5.41, 5.74) is 0.307. The molecule has 2 N–H and O–H groups in total. The molecule has 2 heterocycles. The van der Waals surface area contributed by atoms with Crippen LogP contribution in [0.1, 0.15) is 77.7 Å². The number of benzene rings is 1. The van der Waals surface area contributed by atoms with Gasteiger partial charge in [0.2, 0.25) is 17.7 Å². The third-order valence-electron chi connectivity index (χ3n) is 7.05. The third kappa shape index (κ3) is 10.4. The quantitative estimate of drug-likeness (QED) is 0.291. The zero-order chi connectivity index (χ0) is 29.8. The van der Waals surface area contributed by atoms with Crippen LogP contribution in [0, 0.1) is 0 Å². The Labute approximate surface area is 242 Å². The fourth-order valence-electron chi connectivity index (χ4n) is 5.07. The van der Waals surface area contributed by atoms with Crippen molar-refractivity contribution in [1.82, 2.24) is 20.4 Å². The zero-order valence-electron chi connectivity index (χ0n) is 24.5. The second kappa shape index (κ2) is 15.4. The van der Waals surface area contributed by atoms with E-state index in [9.17, 15) is 24.0 Å². The average Bonchev–Trinajstić information content (AvgIpc) is 3.62. The third-order valence-corrected chi connectivity index (χ3v) is 7.05. The van der Waals surface area contributed by atoms with Crippen LogP contribution in [0.2, 0.25) is 0 Å². The number of esters is 1. The zero-order valence-corrected chi connectivity index (χ0v) is 24.5. The number of hydrogen-bond acceptors (Lipinski definition) is 7. The topological polar surface area (TPSA) is 134 Å². The number of carbonyl (C=O) groups is 5. The smallest absolute Gasteiger partial charge is 0.407 e. The second-order valence-electron chi connectivity index (χ2n) is 11.5. The molecule has 226 valence electrons. The van der Waals surface area contributed by atoms with E-state index in [4.69, 9.17) is 9.47 Å². The van der Waals surface area contributed by atoms with Gasteiger partial charge < -0.3 is 29.9 Å². The van der Waals surface area contributed by atoms with Gasteiger partial charge in [0.15, 0.2) is 0 Å². The number of likely N-dealkylation sites (tertiary alicyclic amines) is 2. The minimum Gasteiger partial charge on any atom is -0.459 e. The van der Waals surface area contributed by atoms with E-state index in [-0.39, 0.29) is 43.1 Å². The molecule has 0 saturated carbocycles. The number of nitrogens with one attached hydrogen (secondary N) is 2. The normalized spacial score (nSPS) is 18.6. The molecule has 0 bridgehead atoms. The largest absolute Gasteiger partial charge is 0.459 e. The number of amides is 4. The van der Waals surface area contributed by atoms with Gasteiger partial charge in [-0.05, 0) is 64.9 Å². The molecule has 11 heteroatoms. The fourth-order valence-corrected chi connectivity index (χ4v) is 5.07. The lowest BCUT2D eigenvalue weighted by Gasteiger charge is -2.25. The Morgan fingerprint density at radius 2 is 1.39 bits per heavy atom. The second-order valence-corrected chi connectivity index (χ2v) is 11.5. The van der Waals surface area contributed by atoms with E-state index in [1.54, 1.807) is 30.6 Å². The molecule has 0 aliphatic carbocycles. The van der Waals surface area contributed by atoms with Crippen molar-refractivity contribution in [3.8, 4) is 0 Å². The highest BCUT2D eigenvalue weighted by Gasteiger charge is 2.35. The average molecular weight is 573 g/mol. The van der Waals surface area contributed by atoms with Gasteiger partial charge in [-0.2, -0.15) is 0 Å². The van der Waals surface area contributed by atoms with Gasteiger partial charge in [-0.15, -0.1) is 0 Å². The van der Waals surface area contributed by atoms with Gasteiger partial charge in [-0.25, -0.2) is 9.59 Å². The van der Waals surface area contributed by atoms with E-state index in [0.29, 0.717) is 51.9 Å². The number of hydrogen-bond donors (Lipinski definition) is 2. The Balaban J connectivity index is 1.34. The van der Waals surface area contributed by atoms with Gasteiger partial charge in [0.1, 0.15) is 24.3 Å². The van der Waals surface area contributed by atoms with Crippen LogP contribution in [0.4, 0.5) is 4.79 Å². The molecule has 1 aromatic rings. The van der Waals surface area contributed by atoms with Crippen molar-refractivity contribution in [3.05, 3.63) is 35.9 Å². The van der Waals surface area contributed by atoms with Crippen molar-refractivity contribution in [1.29, 1.82) is 0 Å². The highest BCUT2D eigenvalue weighted by molar-refractivity contribution is 5.88. The van der Waals surface area contributed by atoms with Gasteiger partial charge in [0, 0.05) is 39.0 Å². The van der Waals surface area contributed by atoms with Crippen LogP contribution in [0.5, 0.6) is 0 Å².